The molecule has 0 unspecified atom stereocenters. The van der Waals surface area contributed by atoms with Crippen LogP contribution >= 0.6 is 0 Å². The monoisotopic (exact) mass is 207 g/mol. The van der Waals surface area contributed by atoms with Crippen LogP contribution in [-0.2, 0) is 4.79 Å². The Morgan fingerprint density at radius 3 is 2.67 bits per heavy atom. The summed E-state index contributed by atoms with van der Waals surface area (Å²) in [6, 6.07) is 7.33. The largest absolute Gasteiger partial charge is 0.495 e. The summed E-state index contributed by atoms with van der Waals surface area (Å²) in [4.78, 5) is 11.0. The van der Waals surface area contributed by atoms with Crippen molar-refractivity contribution in [2.75, 3.05) is 12.4 Å². The average Bonchev–Trinajstić information content (AvgIpc) is 3.00. The number of anilines is 1. The predicted molar refractivity (Wildman–Crippen MR) is 56.2 cm³/mol. The maximum absolute atomic E-state index is 11.0. The summed E-state index contributed by atoms with van der Waals surface area (Å²) in [6.45, 7) is 0. The quantitative estimate of drug-likeness (QED) is 0.789. The zero-order valence-electron chi connectivity index (χ0n) is 8.49. The summed E-state index contributed by atoms with van der Waals surface area (Å²) in [6.07, 6.45) is 1.33. The Labute approximate surface area is 87.9 Å². The standard InChI is InChI=1S/C11H13NO3/c1-15-9-5-3-2-4-8(9)12-11(6-7-11)10(13)14/h2-5,12H,6-7H2,1H3,(H,13,14). The first-order valence-electron chi connectivity index (χ1n) is 4.82. The van der Waals surface area contributed by atoms with Gasteiger partial charge in [0.1, 0.15) is 11.3 Å². The highest BCUT2D eigenvalue weighted by atomic mass is 16.5. The second kappa shape index (κ2) is 3.46. The average molecular weight is 207 g/mol. The zero-order chi connectivity index (χ0) is 10.9. The van der Waals surface area contributed by atoms with E-state index in [2.05, 4.69) is 5.32 Å². The first kappa shape index (κ1) is 9.83. The smallest absolute Gasteiger partial charge is 0.329 e. The molecule has 0 amide bonds. The van der Waals surface area contributed by atoms with Gasteiger partial charge in [0.2, 0.25) is 0 Å². The number of hydrogen-bond donors (Lipinski definition) is 2. The number of hydrogen-bond acceptors (Lipinski definition) is 3. The van der Waals surface area contributed by atoms with Gasteiger partial charge in [0.25, 0.3) is 0 Å². The summed E-state index contributed by atoms with van der Waals surface area (Å²) >= 11 is 0. The van der Waals surface area contributed by atoms with Crippen molar-refractivity contribution in [1.29, 1.82) is 0 Å². The second-order valence-electron chi connectivity index (χ2n) is 3.71. The molecule has 0 radical (unpaired) electrons. The van der Waals surface area contributed by atoms with E-state index >= 15 is 0 Å². The Kier molecular flexibility index (Phi) is 2.26. The molecule has 4 nitrogen and oxygen atoms in total. The van der Waals surface area contributed by atoms with Crippen LogP contribution in [0.1, 0.15) is 12.8 Å². The Balaban J connectivity index is 2.21. The van der Waals surface area contributed by atoms with Crippen molar-refractivity contribution in [3.63, 3.8) is 0 Å². The molecular weight excluding hydrogens is 194 g/mol. The van der Waals surface area contributed by atoms with Crippen molar-refractivity contribution < 1.29 is 14.6 Å². The van der Waals surface area contributed by atoms with E-state index in [4.69, 9.17) is 9.84 Å². The SMILES string of the molecule is COc1ccccc1NC1(C(=O)O)CC1. The molecular formula is C11H13NO3. The van der Waals surface area contributed by atoms with E-state index < -0.39 is 11.5 Å². The van der Waals surface area contributed by atoms with E-state index in [1.807, 2.05) is 18.2 Å². The van der Waals surface area contributed by atoms with Gasteiger partial charge < -0.3 is 15.2 Å². The van der Waals surface area contributed by atoms with Crippen LogP contribution in [-0.4, -0.2) is 23.7 Å². The molecule has 0 heterocycles. The fraction of sp³-hybridized carbons (Fsp3) is 0.364. The number of para-hydroxylation sites is 2. The third-order valence-electron chi connectivity index (χ3n) is 2.64. The second-order valence-corrected chi connectivity index (χ2v) is 3.71. The molecule has 15 heavy (non-hydrogen) atoms. The molecule has 0 aliphatic heterocycles. The molecule has 1 aromatic rings. The summed E-state index contributed by atoms with van der Waals surface area (Å²) in [7, 11) is 1.57. The highest BCUT2D eigenvalue weighted by Crippen LogP contribution is 2.41. The van der Waals surface area contributed by atoms with Crippen molar-refractivity contribution in [2.45, 2.75) is 18.4 Å². The van der Waals surface area contributed by atoms with Gasteiger partial charge in [-0.15, -0.1) is 0 Å². The lowest BCUT2D eigenvalue weighted by Crippen LogP contribution is -2.31. The summed E-state index contributed by atoms with van der Waals surface area (Å²) in [5.74, 6) is -0.126. The van der Waals surface area contributed by atoms with Crippen molar-refractivity contribution >= 4 is 11.7 Å². The summed E-state index contributed by atoms with van der Waals surface area (Å²) in [5.41, 5.74) is -0.0332. The number of methoxy groups -OCH3 is 1. The molecule has 1 aromatic carbocycles. The number of carboxylic acids is 1. The van der Waals surface area contributed by atoms with Gasteiger partial charge in [0, 0.05) is 0 Å². The van der Waals surface area contributed by atoms with E-state index in [1.165, 1.54) is 0 Å². The van der Waals surface area contributed by atoms with Crippen LogP contribution < -0.4 is 10.1 Å². The molecule has 0 atom stereocenters. The number of aliphatic carboxylic acids is 1. The van der Waals surface area contributed by atoms with E-state index in [1.54, 1.807) is 13.2 Å². The van der Waals surface area contributed by atoms with Crippen molar-refractivity contribution in [1.82, 2.24) is 0 Å². The summed E-state index contributed by atoms with van der Waals surface area (Å²) < 4.78 is 5.14. The van der Waals surface area contributed by atoms with E-state index in [0.29, 0.717) is 18.6 Å². The van der Waals surface area contributed by atoms with Crippen LogP contribution in [0.5, 0.6) is 5.75 Å². The van der Waals surface area contributed by atoms with Crippen molar-refractivity contribution in [2.24, 2.45) is 0 Å². The molecule has 2 N–H and O–H groups in total. The number of nitrogens with one attached hydrogen (secondary N) is 1. The number of rotatable bonds is 4. The predicted octanol–water partition coefficient (Wildman–Crippen LogP) is 1.72. The maximum atomic E-state index is 11.0. The minimum atomic E-state index is -0.798. The lowest BCUT2D eigenvalue weighted by atomic mass is 10.2. The van der Waals surface area contributed by atoms with Crippen LogP contribution in [0, 0.1) is 0 Å². The Hall–Kier alpha value is -1.71. The molecule has 0 bridgehead atoms. The maximum Gasteiger partial charge on any atom is 0.329 e. The van der Waals surface area contributed by atoms with E-state index in [0.717, 1.165) is 5.69 Å². The Morgan fingerprint density at radius 1 is 1.47 bits per heavy atom. The van der Waals surface area contributed by atoms with E-state index in [-0.39, 0.29) is 0 Å². The molecule has 80 valence electrons. The van der Waals surface area contributed by atoms with Crippen LogP contribution in [0.15, 0.2) is 24.3 Å². The van der Waals surface area contributed by atoms with Gasteiger partial charge in [-0.1, -0.05) is 12.1 Å². The molecule has 1 fully saturated rings. The molecule has 0 aromatic heterocycles. The normalized spacial score (nSPS) is 16.9. The number of benzene rings is 1. The van der Waals surface area contributed by atoms with Gasteiger partial charge in [-0.3, -0.25) is 0 Å². The number of carboxylic acid groups (broad SMARTS) is 1. The van der Waals surface area contributed by atoms with Gasteiger partial charge in [0.15, 0.2) is 0 Å². The third kappa shape index (κ3) is 1.75. The lowest BCUT2D eigenvalue weighted by molar-refractivity contribution is -0.138. The molecule has 4 heteroatoms. The van der Waals surface area contributed by atoms with Crippen molar-refractivity contribution in [3.8, 4) is 5.75 Å². The minimum Gasteiger partial charge on any atom is -0.495 e. The van der Waals surface area contributed by atoms with Crippen LogP contribution in [0.4, 0.5) is 5.69 Å². The topological polar surface area (TPSA) is 58.6 Å². The highest BCUT2D eigenvalue weighted by molar-refractivity contribution is 5.87. The van der Waals surface area contributed by atoms with Gasteiger partial charge in [-0.25, -0.2) is 4.79 Å². The minimum absolute atomic E-state index is 0.667. The Bertz CT molecular complexity index is 385. The third-order valence-corrected chi connectivity index (χ3v) is 2.64. The van der Waals surface area contributed by atoms with Gasteiger partial charge >= 0.3 is 5.97 Å². The van der Waals surface area contributed by atoms with Crippen LogP contribution in [0.3, 0.4) is 0 Å². The van der Waals surface area contributed by atoms with Gasteiger partial charge in [-0.2, -0.15) is 0 Å². The lowest BCUT2D eigenvalue weighted by Gasteiger charge is -2.16. The zero-order valence-corrected chi connectivity index (χ0v) is 8.49. The molecule has 0 spiro atoms. The van der Waals surface area contributed by atoms with Gasteiger partial charge in [0.05, 0.1) is 12.8 Å². The van der Waals surface area contributed by atoms with Crippen LogP contribution in [0.2, 0.25) is 0 Å². The fourth-order valence-electron chi connectivity index (χ4n) is 1.52. The molecule has 1 saturated carbocycles. The first-order chi connectivity index (χ1) is 7.18. The number of carbonyl (C=O) groups is 1. The van der Waals surface area contributed by atoms with Crippen LogP contribution in [0.25, 0.3) is 0 Å². The molecule has 2 rings (SSSR count). The molecule has 0 saturated heterocycles. The van der Waals surface area contributed by atoms with E-state index in [9.17, 15) is 4.79 Å². The molecule has 1 aliphatic rings. The van der Waals surface area contributed by atoms with Gasteiger partial charge in [-0.05, 0) is 25.0 Å². The Morgan fingerprint density at radius 2 is 2.13 bits per heavy atom. The fourth-order valence-corrected chi connectivity index (χ4v) is 1.52. The molecule has 1 aliphatic carbocycles. The summed E-state index contributed by atoms with van der Waals surface area (Å²) in [5, 5.41) is 12.0. The first-order valence-corrected chi connectivity index (χ1v) is 4.82. The number of ether oxygens (including phenoxy) is 1. The van der Waals surface area contributed by atoms with Crippen molar-refractivity contribution in [3.05, 3.63) is 24.3 Å². The highest BCUT2D eigenvalue weighted by Gasteiger charge is 2.50.